The number of aromatic nitrogens is 1. The summed E-state index contributed by atoms with van der Waals surface area (Å²) in [5.74, 6) is -0.492. The molecule has 0 atom stereocenters. The summed E-state index contributed by atoms with van der Waals surface area (Å²) in [5, 5.41) is 4.01. The van der Waals surface area contributed by atoms with Gasteiger partial charge < -0.3 is 9.88 Å². The van der Waals surface area contributed by atoms with Crippen LogP contribution in [0.25, 0.3) is 10.9 Å². The van der Waals surface area contributed by atoms with Crippen LogP contribution in [0, 0.1) is 0 Å². The lowest BCUT2D eigenvalue weighted by Gasteiger charge is -2.11. The number of nitrogens with one attached hydrogen (secondary N) is 1. The van der Waals surface area contributed by atoms with E-state index in [0.29, 0.717) is 21.1 Å². The molecule has 0 spiro atoms. The van der Waals surface area contributed by atoms with E-state index in [2.05, 4.69) is 21.2 Å². The number of pyridine rings is 1. The number of anilines is 1. The molecule has 0 saturated heterocycles. The number of nitrogens with zero attached hydrogens (tertiary/aromatic N) is 1. The summed E-state index contributed by atoms with van der Waals surface area (Å²) >= 11 is 15.4. The Kier molecular flexibility index (Phi) is 4.10. The first-order valence-electron chi connectivity index (χ1n) is 7.56. The van der Waals surface area contributed by atoms with Crippen molar-refractivity contribution in [3.05, 3.63) is 72.4 Å². The molecule has 2 heterocycles. The van der Waals surface area contributed by atoms with Gasteiger partial charge in [-0.3, -0.25) is 9.59 Å². The summed E-state index contributed by atoms with van der Waals surface area (Å²) in [7, 11) is 0. The molecule has 1 aliphatic rings. The standard InChI is InChI=1S/C18H11BrCl2N2O2/c19-10-5-9-3-4-23-8-13(17(24)12(6-10)16(9)23)18(25)22-15-2-1-11(20)7-14(15)21/h1-2,5-8H,3-4H2,(H,22,25). The van der Waals surface area contributed by atoms with Crippen LogP contribution in [0.4, 0.5) is 5.69 Å². The van der Waals surface area contributed by atoms with Gasteiger partial charge in [-0.15, -0.1) is 0 Å². The van der Waals surface area contributed by atoms with E-state index in [4.69, 9.17) is 23.2 Å². The molecule has 0 bridgehead atoms. The lowest BCUT2D eigenvalue weighted by molar-refractivity contribution is 0.102. The third-order valence-electron chi connectivity index (χ3n) is 4.26. The Hall–Kier alpha value is -1.82. The SMILES string of the molecule is O=C(Nc1ccc(Cl)cc1Cl)c1cn2c3c(cc(Br)cc3c1=O)CC2. The van der Waals surface area contributed by atoms with Crippen molar-refractivity contribution in [2.24, 2.45) is 0 Å². The third kappa shape index (κ3) is 2.86. The highest BCUT2D eigenvalue weighted by atomic mass is 79.9. The zero-order chi connectivity index (χ0) is 17.7. The largest absolute Gasteiger partial charge is 0.346 e. The van der Waals surface area contributed by atoms with Crippen LogP contribution in [-0.4, -0.2) is 10.5 Å². The van der Waals surface area contributed by atoms with Gasteiger partial charge in [0.15, 0.2) is 0 Å². The third-order valence-corrected chi connectivity index (χ3v) is 5.27. The van der Waals surface area contributed by atoms with Crippen LogP contribution in [0.1, 0.15) is 15.9 Å². The molecule has 4 rings (SSSR count). The minimum Gasteiger partial charge on any atom is -0.346 e. The number of benzene rings is 2. The maximum Gasteiger partial charge on any atom is 0.261 e. The molecular weight excluding hydrogens is 427 g/mol. The molecular formula is C18H11BrCl2N2O2. The van der Waals surface area contributed by atoms with Crippen LogP contribution in [0.5, 0.6) is 0 Å². The fraction of sp³-hybridized carbons (Fsp3) is 0.111. The highest BCUT2D eigenvalue weighted by Gasteiger charge is 2.21. The number of hydrogen-bond acceptors (Lipinski definition) is 2. The first-order valence-corrected chi connectivity index (χ1v) is 9.11. The number of rotatable bonds is 2. The zero-order valence-corrected chi connectivity index (χ0v) is 15.9. The van der Waals surface area contributed by atoms with Crippen molar-refractivity contribution in [1.82, 2.24) is 4.57 Å². The van der Waals surface area contributed by atoms with Crippen molar-refractivity contribution < 1.29 is 4.79 Å². The zero-order valence-electron chi connectivity index (χ0n) is 12.8. The van der Waals surface area contributed by atoms with Crippen molar-refractivity contribution in [2.75, 3.05) is 5.32 Å². The van der Waals surface area contributed by atoms with Crippen LogP contribution in [0.3, 0.4) is 0 Å². The molecule has 2 aromatic carbocycles. The molecule has 0 aliphatic carbocycles. The summed E-state index contributed by atoms with van der Waals surface area (Å²) in [6, 6.07) is 8.54. The van der Waals surface area contributed by atoms with E-state index in [1.165, 1.54) is 6.07 Å². The minimum atomic E-state index is -0.492. The van der Waals surface area contributed by atoms with Crippen LogP contribution in [-0.2, 0) is 13.0 Å². The van der Waals surface area contributed by atoms with Gasteiger partial charge in [0, 0.05) is 27.6 Å². The normalized spacial score (nSPS) is 12.6. The molecule has 126 valence electrons. The number of carbonyl (C=O) groups is 1. The highest BCUT2D eigenvalue weighted by molar-refractivity contribution is 9.10. The Morgan fingerprint density at radius 2 is 2.00 bits per heavy atom. The predicted octanol–water partition coefficient (Wildman–Crippen LogP) is 4.88. The number of carbonyl (C=O) groups excluding carboxylic acids is 1. The van der Waals surface area contributed by atoms with Gasteiger partial charge in [0.25, 0.3) is 5.91 Å². The summed E-state index contributed by atoms with van der Waals surface area (Å²) in [4.78, 5) is 25.5. The van der Waals surface area contributed by atoms with Crippen molar-refractivity contribution in [3.8, 4) is 0 Å². The van der Waals surface area contributed by atoms with Gasteiger partial charge >= 0.3 is 0 Å². The van der Waals surface area contributed by atoms with Crippen LogP contribution >= 0.6 is 39.1 Å². The number of amides is 1. The van der Waals surface area contributed by atoms with Crippen molar-refractivity contribution in [2.45, 2.75) is 13.0 Å². The van der Waals surface area contributed by atoms with E-state index < -0.39 is 5.91 Å². The van der Waals surface area contributed by atoms with E-state index >= 15 is 0 Å². The Labute approximate surface area is 161 Å². The van der Waals surface area contributed by atoms with Crippen LogP contribution in [0.2, 0.25) is 10.0 Å². The summed E-state index contributed by atoms with van der Waals surface area (Å²) in [6.45, 7) is 0.741. The average molecular weight is 438 g/mol. The van der Waals surface area contributed by atoms with Gasteiger partial charge in [0.1, 0.15) is 5.56 Å². The van der Waals surface area contributed by atoms with Gasteiger partial charge in [-0.1, -0.05) is 39.1 Å². The fourth-order valence-corrected chi connectivity index (χ4v) is 4.10. The predicted molar refractivity (Wildman–Crippen MR) is 104 cm³/mol. The van der Waals surface area contributed by atoms with Gasteiger partial charge in [-0.05, 0) is 42.3 Å². The second-order valence-electron chi connectivity index (χ2n) is 5.85. The highest BCUT2D eigenvalue weighted by Crippen LogP contribution is 2.29. The van der Waals surface area contributed by atoms with Crippen LogP contribution < -0.4 is 10.7 Å². The van der Waals surface area contributed by atoms with Crippen molar-refractivity contribution >= 4 is 61.6 Å². The molecule has 1 N–H and O–H groups in total. The lowest BCUT2D eigenvalue weighted by atomic mass is 10.1. The maximum atomic E-state index is 12.8. The second-order valence-corrected chi connectivity index (χ2v) is 7.61. The van der Waals surface area contributed by atoms with Crippen LogP contribution in [0.15, 0.2) is 45.8 Å². The lowest BCUT2D eigenvalue weighted by Crippen LogP contribution is -2.23. The first kappa shape index (κ1) is 16.6. The molecule has 0 radical (unpaired) electrons. The Morgan fingerprint density at radius 3 is 2.76 bits per heavy atom. The fourth-order valence-electron chi connectivity index (χ4n) is 3.14. The second kappa shape index (κ2) is 6.16. The van der Waals surface area contributed by atoms with Gasteiger partial charge in [0.05, 0.1) is 16.2 Å². The molecule has 1 amide bonds. The molecule has 25 heavy (non-hydrogen) atoms. The molecule has 7 heteroatoms. The number of halogens is 3. The molecule has 1 aromatic heterocycles. The number of aryl methyl sites for hydroxylation is 2. The van der Waals surface area contributed by atoms with E-state index in [0.717, 1.165) is 28.5 Å². The quantitative estimate of drug-likeness (QED) is 0.621. The van der Waals surface area contributed by atoms with Crippen molar-refractivity contribution in [3.63, 3.8) is 0 Å². The summed E-state index contributed by atoms with van der Waals surface area (Å²) in [6.07, 6.45) is 2.46. The van der Waals surface area contributed by atoms with Gasteiger partial charge in [0.2, 0.25) is 5.43 Å². The number of hydrogen-bond donors (Lipinski definition) is 1. The van der Waals surface area contributed by atoms with Gasteiger partial charge in [-0.25, -0.2) is 0 Å². The first-order chi connectivity index (χ1) is 11.9. The Morgan fingerprint density at radius 1 is 1.20 bits per heavy atom. The minimum absolute atomic E-state index is 0.0875. The molecule has 1 aliphatic heterocycles. The topological polar surface area (TPSA) is 51.1 Å². The average Bonchev–Trinajstić information content (AvgIpc) is 2.96. The Balaban J connectivity index is 1.81. The molecule has 0 fully saturated rings. The smallest absolute Gasteiger partial charge is 0.261 e. The van der Waals surface area contributed by atoms with Crippen molar-refractivity contribution in [1.29, 1.82) is 0 Å². The van der Waals surface area contributed by atoms with E-state index in [9.17, 15) is 9.59 Å². The molecule has 4 nitrogen and oxygen atoms in total. The molecule has 0 unspecified atom stereocenters. The van der Waals surface area contributed by atoms with E-state index in [1.54, 1.807) is 24.4 Å². The molecule has 3 aromatic rings. The van der Waals surface area contributed by atoms with E-state index in [-0.39, 0.29) is 11.0 Å². The van der Waals surface area contributed by atoms with E-state index in [1.807, 2.05) is 10.6 Å². The summed E-state index contributed by atoms with van der Waals surface area (Å²) in [5.41, 5.74) is 2.21. The maximum absolute atomic E-state index is 12.8. The van der Waals surface area contributed by atoms with Gasteiger partial charge in [-0.2, -0.15) is 0 Å². The Bertz CT molecular complexity index is 1110. The molecule has 0 saturated carbocycles. The summed E-state index contributed by atoms with van der Waals surface area (Å²) < 4.78 is 2.79. The monoisotopic (exact) mass is 436 g/mol.